The average molecular weight is 271 g/mol. The smallest absolute Gasteiger partial charge is 0.274 e. The van der Waals surface area contributed by atoms with Crippen LogP contribution in [-0.2, 0) is 0 Å². The Hall–Kier alpha value is -2.24. The minimum absolute atomic E-state index is 0.0171. The first kappa shape index (κ1) is 12.8. The number of hydrogen-bond acceptors (Lipinski definition) is 4. The second kappa shape index (κ2) is 5.81. The Labute approximate surface area is 117 Å². The van der Waals surface area contributed by atoms with Gasteiger partial charge in [0.2, 0.25) is 0 Å². The van der Waals surface area contributed by atoms with Crippen LogP contribution >= 0.6 is 0 Å². The van der Waals surface area contributed by atoms with E-state index in [2.05, 4.69) is 15.2 Å². The lowest BCUT2D eigenvalue weighted by atomic mass is 10.2. The maximum Gasteiger partial charge on any atom is 0.274 e. The molecule has 0 saturated carbocycles. The highest BCUT2D eigenvalue weighted by Crippen LogP contribution is 2.12. The van der Waals surface area contributed by atoms with Crippen molar-refractivity contribution in [2.24, 2.45) is 0 Å². The topological polar surface area (TPSA) is 63.9 Å². The summed E-state index contributed by atoms with van der Waals surface area (Å²) in [6.07, 6.45) is 9.68. The zero-order chi connectivity index (χ0) is 13.8. The fourth-order valence-electron chi connectivity index (χ4n) is 2.41. The molecular weight excluding hydrogens is 254 g/mol. The van der Waals surface area contributed by atoms with Gasteiger partial charge in [0.15, 0.2) is 11.5 Å². The number of carbonyl (C=O) groups is 1. The number of hydrogen-bond donors (Lipinski definition) is 0. The van der Waals surface area contributed by atoms with Crippen molar-refractivity contribution in [3.8, 4) is 5.82 Å². The Balaban J connectivity index is 1.75. The second-order valence-corrected chi connectivity index (χ2v) is 4.95. The van der Waals surface area contributed by atoms with Crippen molar-refractivity contribution in [1.29, 1.82) is 0 Å². The number of aromatic nitrogens is 4. The van der Waals surface area contributed by atoms with Crippen LogP contribution in [0.15, 0.2) is 30.9 Å². The zero-order valence-electron chi connectivity index (χ0n) is 11.3. The Bertz CT molecular complexity index is 556. The number of nitrogens with zero attached hydrogens (tertiary/aromatic N) is 5. The van der Waals surface area contributed by atoms with Gasteiger partial charge >= 0.3 is 0 Å². The van der Waals surface area contributed by atoms with Gasteiger partial charge in [-0.25, -0.2) is 4.98 Å². The lowest BCUT2D eigenvalue weighted by molar-refractivity contribution is 0.0754. The van der Waals surface area contributed by atoms with Crippen LogP contribution in [0.5, 0.6) is 0 Å². The molecule has 1 aliphatic rings. The molecule has 0 radical (unpaired) electrons. The van der Waals surface area contributed by atoms with Gasteiger partial charge < -0.3 is 4.90 Å². The molecule has 1 saturated heterocycles. The van der Waals surface area contributed by atoms with E-state index in [1.165, 1.54) is 12.8 Å². The number of likely N-dealkylation sites (tertiary alicyclic amines) is 1. The van der Waals surface area contributed by atoms with Crippen LogP contribution in [0.3, 0.4) is 0 Å². The molecule has 0 aromatic carbocycles. The lowest BCUT2D eigenvalue weighted by Crippen LogP contribution is -2.32. The Morgan fingerprint density at radius 3 is 2.45 bits per heavy atom. The fraction of sp³-hybridized carbons (Fsp3) is 0.429. The van der Waals surface area contributed by atoms with E-state index >= 15 is 0 Å². The lowest BCUT2D eigenvalue weighted by Gasteiger charge is -2.19. The van der Waals surface area contributed by atoms with Crippen LogP contribution in [0, 0.1) is 0 Å². The monoisotopic (exact) mass is 271 g/mol. The molecule has 20 heavy (non-hydrogen) atoms. The molecule has 0 atom stereocenters. The van der Waals surface area contributed by atoms with E-state index in [9.17, 15) is 4.79 Å². The third kappa shape index (κ3) is 2.68. The maximum atomic E-state index is 12.4. The highest BCUT2D eigenvalue weighted by Gasteiger charge is 2.18. The standard InChI is InChI=1S/C14H17N5O/c20-14(18-8-3-1-2-4-9-18)12-5-6-13(17-16-12)19-10-7-15-11-19/h5-7,10-11H,1-4,8-9H2. The normalized spacial score (nSPS) is 15.9. The van der Waals surface area contributed by atoms with Crippen LogP contribution in [0.25, 0.3) is 5.82 Å². The summed E-state index contributed by atoms with van der Waals surface area (Å²) >= 11 is 0. The SMILES string of the molecule is O=C(c1ccc(-n2ccnc2)nn1)N1CCCCCC1. The average Bonchev–Trinajstić information content (AvgIpc) is 2.89. The molecule has 1 amide bonds. The summed E-state index contributed by atoms with van der Waals surface area (Å²) in [6, 6.07) is 3.52. The summed E-state index contributed by atoms with van der Waals surface area (Å²) < 4.78 is 1.76. The van der Waals surface area contributed by atoms with E-state index in [0.717, 1.165) is 25.9 Å². The van der Waals surface area contributed by atoms with E-state index in [-0.39, 0.29) is 5.91 Å². The highest BCUT2D eigenvalue weighted by atomic mass is 16.2. The van der Waals surface area contributed by atoms with Crippen LogP contribution in [-0.4, -0.2) is 43.6 Å². The summed E-state index contributed by atoms with van der Waals surface area (Å²) in [5.41, 5.74) is 0.413. The van der Waals surface area contributed by atoms with Gasteiger partial charge in [0, 0.05) is 25.5 Å². The highest BCUT2D eigenvalue weighted by molar-refractivity contribution is 5.92. The number of carbonyl (C=O) groups excluding carboxylic acids is 1. The molecule has 0 aliphatic carbocycles. The molecule has 2 aromatic rings. The van der Waals surface area contributed by atoms with Gasteiger partial charge in [-0.15, -0.1) is 10.2 Å². The van der Waals surface area contributed by atoms with Crippen LogP contribution in [0.2, 0.25) is 0 Å². The molecule has 0 unspecified atom stereocenters. The number of amides is 1. The summed E-state index contributed by atoms with van der Waals surface area (Å²) in [5, 5.41) is 8.14. The minimum atomic E-state index is -0.0171. The summed E-state index contributed by atoms with van der Waals surface area (Å²) in [4.78, 5) is 18.2. The quantitative estimate of drug-likeness (QED) is 0.833. The van der Waals surface area contributed by atoms with Gasteiger partial charge in [-0.2, -0.15) is 0 Å². The molecule has 0 bridgehead atoms. The largest absolute Gasteiger partial charge is 0.337 e. The molecular formula is C14H17N5O. The van der Waals surface area contributed by atoms with Crippen molar-refractivity contribution in [3.05, 3.63) is 36.5 Å². The summed E-state index contributed by atoms with van der Waals surface area (Å²) in [5.74, 6) is 0.645. The first-order valence-corrected chi connectivity index (χ1v) is 6.96. The van der Waals surface area contributed by atoms with Crippen molar-refractivity contribution < 1.29 is 4.79 Å². The van der Waals surface area contributed by atoms with Crippen molar-refractivity contribution in [3.63, 3.8) is 0 Å². The molecule has 104 valence electrons. The number of rotatable bonds is 2. The van der Waals surface area contributed by atoms with Gasteiger partial charge in [0.25, 0.3) is 5.91 Å². The predicted octanol–water partition coefficient (Wildman–Crippen LogP) is 1.68. The molecule has 6 nitrogen and oxygen atoms in total. The maximum absolute atomic E-state index is 12.4. The van der Waals surface area contributed by atoms with E-state index in [1.54, 1.807) is 35.4 Å². The van der Waals surface area contributed by atoms with Gasteiger partial charge in [-0.3, -0.25) is 9.36 Å². The van der Waals surface area contributed by atoms with E-state index in [0.29, 0.717) is 11.5 Å². The van der Waals surface area contributed by atoms with Gasteiger partial charge in [0.05, 0.1) is 0 Å². The minimum Gasteiger partial charge on any atom is -0.337 e. The van der Waals surface area contributed by atoms with Crippen LogP contribution in [0.1, 0.15) is 36.2 Å². The van der Waals surface area contributed by atoms with Gasteiger partial charge in [-0.1, -0.05) is 12.8 Å². The molecule has 0 spiro atoms. The fourth-order valence-corrected chi connectivity index (χ4v) is 2.41. The molecule has 3 heterocycles. The molecule has 0 N–H and O–H groups in total. The van der Waals surface area contributed by atoms with Gasteiger partial charge in [0.1, 0.15) is 6.33 Å². The Morgan fingerprint density at radius 1 is 1.05 bits per heavy atom. The molecule has 2 aromatic heterocycles. The van der Waals surface area contributed by atoms with Crippen molar-refractivity contribution in [1.82, 2.24) is 24.6 Å². The Morgan fingerprint density at radius 2 is 1.85 bits per heavy atom. The molecule has 6 heteroatoms. The summed E-state index contributed by atoms with van der Waals surface area (Å²) in [6.45, 7) is 1.65. The third-order valence-corrected chi connectivity index (χ3v) is 3.53. The predicted molar refractivity (Wildman–Crippen MR) is 73.5 cm³/mol. The first-order chi connectivity index (χ1) is 9.84. The molecule has 3 rings (SSSR count). The van der Waals surface area contributed by atoms with Crippen molar-refractivity contribution >= 4 is 5.91 Å². The summed E-state index contributed by atoms with van der Waals surface area (Å²) in [7, 11) is 0. The third-order valence-electron chi connectivity index (χ3n) is 3.53. The van der Waals surface area contributed by atoms with Gasteiger partial charge in [-0.05, 0) is 25.0 Å². The number of imidazole rings is 1. The second-order valence-electron chi connectivity index (χ2n) is 4.95. The zero-order valence-corrected chi connectivity index (χ0v) is 11.3. The van der Waals surface area contributed by atoms with E-state index in [4.69, 9.17) is 0 Å². The Kier molecular flexibility index (Phi) is 3.71. The van der Waals surface area contributed by atoms with Crippen molar-refractivity contribution in [2.75, 3.05) is 13.1 Å². The molecule has 1 aliphatic heterocycles. The van der Waals surface area contributed by atoms with E-state index in [1.807, 2.05) is 4.90 Å². The first-order valence-electron chi connectivity index (χ1n) is 6.96. The van der Waals surface area contributed by atoms with E-state index < -0.39 is 0 Å². The van der Waals surface area contributed by atoms with Crippen LogP contribution < -0.4 is 0 Å². The van der Waals surface area contributed by atoms with Crippen molar-refractivity contribution in [2.45, 2.75) is 25.7 Å². The molecule has 1 fully saturated rings. The van der Waals surface area contributed by atoms with Crippen LogP contribution in [0.4, 0.5) is 0 Å².